The molecule has 0 aromatic heterocycles. The van der Waals surface area contributed by atoms with E-state index in [0.717, 1.165) is 0 Å². The summed E-state index contributed by atoms with van der Waals surface area (Å²) in [5, 5.41) is 39.6. The molecule has 1 radical (unpaired) electrons. The third-order valence-electron chi connectivity index (χ3n) is 1.61. The fraction of sp³-hybridized carbons (Fsp3) is 0.750. The minimum atomic E-state index is -3.82. The van der Waals surface area contributed by atoms with E-state index in [4.69, 9.17) is 0 Å². The van der Waals surface area contributed by atoms with Crippen molar-refractivity contribution in [2.24, 2.45) is 0 Å². The SMILES string of the molecule is [CH2]C(CC([N+](=O)[O-])([N+](=O)[O-])[N+](=O)[O-])O[N+](=O)[O-]. The number of hydrogen-bond donors (Lipinski definition) is 0. The van der Waals surface area contributed by atoms with Crippen molar-refractivity contribution in [3.05, 3.63) is 47.4 Å². The number of nitro groups is 3. The zero-order chi connectivity index (χ0) is 13.8. The predicted molar refractivity (Wildman–Crippen MR) is 45.6 cm³/mol. The molecule has 17 heavy (non-hydrogen) atoms. The summed E-state index contributed by atoms with van der Waals surface area (Å²) in [4.78, 5) is 39.4. The summed E-state index contributed by atoms with van der Waals surface area (Å²) < 4.78 is 0. The van der Waals surface area contributed by atoms with E-state index in [1.54, 1.807) is 0 Å². The Balaban J connectivity index is 5.20. The molecule has 0 aromatic carbocycles. The van der Waals surface area contributed by atoms with Gasteiger partial charge in [-0.15, -0.1) is 10.1 Å². The lowest BCUT2D eigenvalue weighted by Gasteiger charge is -2.12. The van der Waals surface area contributed by atoms with Crippen molar-refractivity contribution in [3.8, 4) is 0 Å². The van der Waals surface area contributed by atoms with Gasteiger partial charge in [0.25, 0.3) is 5.09 Å². The zero-order valence-corrected chi connectivity index (χ0v) is 7.95. The Kier molecular flexibility index (Phi) is 4.19. The van der Waals surface area contributed by atoms with Crippen LogP contribution < -0.4 is 0 Å². The standard InChI is InChI=1S/C4H5N4O9/c1-3(17-8(15)16)2-4(5(9)10,6(11)12)7(13)14/h3H,1-2H2. The molecule has 0 N–H and O–H groups in total. The Morgan fingerprint density at radius 3 is 1.59 bits per heavy atom. The average Bonchev–Trinajstić information content (AvgIpc) is 2.10. The molecule has 0 bridgehead atoms. The van der Waals surface area contributed by atoms with Gasteiger partial charge >= 0.3 is 5.79 Å². The van der Waals surface area contributed by atoms with Gasteiger partial charge in [-0.3, -0.25) is 30.3 Å². The minimum absolute atomic E-state index is 1.41. The highest BCUT2D eigenvalue weighted by atomic mass is 17.0. The van der Waals surface area contributed by atoms with Crippen LogP contribution in [-0.2, 0) is 4.84 Å². The average molecular weight is 253 g/mol. The van der Waals surface area contributed by atoms with Crippen molar-refractivity contribution < 1.29 is 24.7 Å². The predicted octanol–water partition coefficient (Wildman–Crippen LogP) is -0.729. The van der Waals surface area contributed by atoms with Crippen LogP contribution >= 0.6 is 0 Å². The third kappa shape index (κ3) is 2.93. The Hall–Kier alpha value is -2.60. The molecule has 0 aliphatic heterocycles. The van der Waals surface area contributed by atoms with Crippen LogP contribution in [-0.4, -0.2) is 31.7 Å². The molecule has 0 saturated heterocycles. The van der Waals surface area contributed by atoms with Crippen LogP contribution in [0.5, 0.6) is 0 Å². The highest BCUT2D eigenvalue weighted by Crippen LogP contribution is 2.20. The molecule has 0 aromatic rings. The highest BCUT2D eigenvalue weighted by molar-refractivity contribution is 4.65. The number of rotatable bonds is 7. The minimum Gasteiger partial charge on any atom is -0.310 e. The van der Waals surface area contributed by atoms with Gasteiger partial charge in [0, 0.05) is 0 Å². The van der Waals surface area contributed by atoms with Gasteiger partial charge in [0.1, 0.15) is 6.10 Å². The van der Waals surface area contributed by atoms with E-state index >= 15 is 0 Å². The topological polar surface area (TPSA) is 182 Å². The second-order valence-electron chi connectivity index (χ2n) is 2.70. The van der Waals surface area contributed by atoms with Gasteiger partial charge in [-0.2, -0.15) is 0 Å². The molecule has 1 unspecified atom stereocenters. The molecule has 0 amide bonds. The molecule has 0 aliphatic rings. The largest absolute Gasteiger partial charge is 0.702 e. The fourth-order valence-electron chi connectivity index (χ4n) is 0.888. The molecular formula is C4H5N4O9. The zero-order valence-electron chi connectivity index (χ0n) is 7.95. The molecule has 0 fully saturated rings. The summed E-state index contributed by atoms with van der Waals surface area (Å²) >= 11 is 0. The maximum Gasteiger partial charge on any atom is 0.702 e. The van der Waals surface area contributed by atoms with E-state index in [-0.39, 0.29) is 0 Å². The van der Waals surface area contributed by atoms with Gasteiger partial charge in [-0.1, -0.05) is 0 Å². The van der Waals surface area contributed by atoms with Crippen LogP contribution in [0.1, 0.15) is 6.42 Å². The van der Waals surface area contributed by atoms with Crippen molar-refractivity contribution >= 4 is 0 Å². The first-order valence-corrected chi connectivity index (χ1v) is 3.72. The van der Waals surface area contributed by atoms with E-state index in [1.165, 1.54) is 0 Å². The quantitative estimate of drug-likeness (QED) is 0.320. The Morgan fingerprint density at radius 2 is 1.35 bits per heavy atom. The first kappa shape index (κ1) is 14.4. The molecular weight excluding hydrogens is 248 g/mol. The second kappa shape index (κ2) is 4.95. The molecule has 1 atom stereocenters. The lowest BCUT2D eigenvalue weighted by Crippen LogP contribution is -2.55. The van der Waals surface area contributed by atoms with Gasteiger partial charge in [0.05, 0.1) is 0 Å². The third-order valence-corrected chi connectivity index (χ3v) is 1.61. The summed E-state index contributed by atoms with van der Waals surface area (Å²) in [6.07, 6.45) is -3.41. The van der Waals surface area contributed by atoms with Crippen molar-refractivity contribution in [2.45, 2.75) is 18.3 Å². The lowest BCUT2D eigenvalue weighted by molar-refractivity contribution is -0.972. The second-order valence-corrected chi connectivity index (χ2v) is 2.70. The van der Waals surface area contributed by atoms with E-state index in [9.17, 15) is 40.5 Å². The van der Waals surface area contributed by atoms with Crippen LogP contribution in [0.25, 0.3) is 0 Å². The Morgan fingerprint density at radius 1 is 1.00 bits per heavy atom. The molecule has 0 saturated carbocycles. The van der Waals surface area contributed by atoms with Crippen molar-refractivity contribution in [3.63, 3.8) is 0 Å². The monoisotopic (exact) mass is 253 g/mol. The summed E-state index contributed by atoms with van der Waals surface area (Å²) in [7, 11) is 0. The van der Waals surface area contributed by atoms with Gasteiger partial charge in [-0.25, -0.2) is 0 Å². The molecule has 13 heteroatoms. The van der Waals surface area contributed by atoms with Gasteiger partial charge in [0.15, 0.2) is 21.2 Å². The smallest absolute Gasteiger partial charge is 0.310 e. The maximum absolute atomic E-state index is 10.4. The van der Waals surface area contributed by atoms with Crippen molar-refractivity contribution in [1.29, 1.82) is 0 Å². The summed E-state index contributed by atoms with van der Waals surface area (Å²) in [6.45, 7) is 2.83. The van der Waals surface area contributed by atoms with Gasteiger partial charge < -0.3 is 4.84 Å². The van der Waals surface area contributed by atoms with E-state index in [1.807, 2.05) is 0 Å². The van der Waals surface area contributed by atoms with Crippen molar-refractivity contribution in [2.75, 3.05) is 0 Å². The fourth-order valence-corrected chi connectivity index (χ4v) is 0.888. The maximum atomic E-state index is 10.4. The molecule has 0 heterocycles. The van der Waals surface area contributed by atoms with Crippen LogP contribution in [0.3, 0.4) is 0 Å². The molecule has 13 nitrogen and oxygen atoms in total. The first-order valence-electron chi connectivity index (χ1n) is 3.72. The van der Waals surface area contributed by atoms with Crippen LogP contribution in [0.4, 0.5) is 0 Å². The number of nitrogens with zero attached hydrogens (tertiary/aromatic N) is 4. The Bertz CT molecular complexity index is 330. The van der Waals surface area contributed by atoms with Crippen LogP contribution in [0.15, 0.2) is 0 Å². The molecule has 95 valence electrons. The van der Waals surface area contributed by atoms with E-state index < -0.39 is 38.2 Å². The summed E-state index contributed by atoms with van der Waals surface area (Å²) in [5.41, 5.74) is 0. The van der Waals surface area contributed by atoms with E-state index in [2.05, 4.69) is 11.8 Å². The van der Waals surface area contributed by atoms with E-state index in [0.29, 0.717) is 0 Å². The molecule has 0 rings (SSSR count). The van der Waals surface area contributed by atoms with Gasteiger partial charge in [0.2, 0.25) is 0 Å². The van der Waals surface area contributed by atoms with Crippen molar-refractivity contribution in [1.82, 2.24) is 0 Å². The van der Waals surface area contributed by atoms with Crippen LogP contribution in [0.2, 0.25) is 0 Å². The molecule has 0 aliphatic carbocycles. The lowest BCUT2D eigenvalue weighted by atomic mass is 10.2. The Labute approximate surface area is 91.5 Å². The summed E-state index contributed by atoms with van der Waals surface area (Å²) in [6, 6.07) is 0. The van der Waals surface area contributed by atoms with Crippen LogP contribution in [0, 0.1) is 47.4 Å². The van der Waals surface area contributed by atoms with Gasteiger partial charge in [-0.05, 0) is 6.92 Å². The highest BCUT2D eigenvalue weighted by Gasteiger charge is 2.71. The summed E-state index contributed by atoms with van der Waals surface area (Å²) in [5.74, 6) is -3.82. The molecule has 0 spiro atoms. The first-order chi connectivity index (χ1) is 7.64. The normalized spacial score (nSPS) is 12.5. The number of hydrogen-bond acceptors (Lipinski definition) is 9.